The highest BCUT2D eigenvalue weighted by molar-refractivity contribution is 6.30. The molecule has 0 saturated heterocycles. The van der Waals surface area contributed by atoms with Crippen molar-refractivity contribution in [2.75, 3.05) is 6.54 Å². The van der Waals surface area contributed by atoms with Crippen molar-refractivity contribution in [3.63, 3.8) is 0 Å². The molecule has 0 unspecified atom stereocenters. The van der Waals surface area contributed by atoms with Gasteiger partial charge in [-0.2, -0.15) is 0 Å². The lowest BCUT2D eigenvalue weighted by Crippen LogP contribution is -2.11. The third-order valence-corrected chi connectivity index (χ3v) is 2.78. The van der Waals surface area contributed by atoms with E-state index in [0.717, 1.165) is 12.1 Å². The van der Waals surface area contributed by atoms with Crippen molar-refractivity contribution in [1.82, 2.24) is 5.32 Å². The van der Waals surface area contributed by atoms with Crippen molar-refractivity contribution in [1.29, 1.82) is 0 Å². The van der Waals surface area contributed by atoms with Crippen molar-refractivity contribution >= 4 is 11.6 Å². The van der Waals surface area contributed by atoms with Crippen LogP contribution < -0.4 is 10.1 Å². The van der Waals surface area contributed by atoms with E-state index in [0.29, 0.717) is 23.1 Å². The average Bonchev–Trinajstić information content (AvgIpc) is 2.35. The lowest BCUT2D eigenvalue weighted by molar-refractivity contribution is 0.475. The second kappa shape index (κ2) is 6.55. The monoisotopic (exact) mass is 279 g/mol. The molecule has 0 heterocycles. The Morgan fingerprint density at radius 3 is 2.74 bits per heavy atom. The van der Waals surface area contributed by atoms with Crippen LogP contribution in [0.2, 0.25) is 5.02 Å². The molecule has 0 fully saturated rings. The fourth-order valence-electron chi connectivity index (χ4n) is 1.72. The fourth-order valence-corrected chi connectivity index (χ4v) is 1.90. The van der Waals surface area contributed by atoms with Gasteiger partial charge in [0.25, 0.3) is 0 Å². The topological polar surface area (TPSA) is 21.3 Å². The van der Waals surface area contributed by atoms with E-state index in [4.69, 9.17) is 16.3 Å². The molecule has 0 aliphatic rings. The summed E-state index contributed by atoms with van der Waals surface area (Å²) in [6.07, 6.45) is 0. The Labute approximate surface area is 117 Å². The Morgan fingerprint density at radius 2 is 2.00 bits per heavy atom. The summed E-state index contributed by atoms with van der Waals surface area (Å²) < 4.78 is 19.1. The van der Waals surface area contributed by atoms with E-state index < -0.39 is 0 Å². The van der Waals surface area contributed by atoms with Crippen LogP contribution in [0, 0.1) is 5.82 Å². The number of rotatable bonds is 5. The summed E-state index contributed by atoms with van der Waals surface area (Å²) in [7, 11) is 0. The van der Waals surface area contributed by atoms with Gasteiger partial charge in [-0.15, -0.1) is 0 Å². The van der Waals surface area contributed by atoms with Gasteiger partial charge in [0.05, 0.1) is 0 Å². The van der Waals surface area contributed by atoms with Gasteiger partial charge >= 0.3 is 0 Å². The standard InChI is InChI=1S/C15H15ClFNO/c1-2-18-10-11-6-13(17)9-15(7-11)19-14-5-3-4-12(16)8-14/h3-9,18H,2,10H2,1H3. The van der Waals surface area contributed by atoms with Crippen molar-refractivity contribution in [2.45, 2.75) is 13.5 Å². The first-order valence-corrected chi connectivity index (χ1v) is 6.49. The highest BCUT2D eigenvalue weighted by atomic mass is 35.5. The molecule has 100 valence electrons. The molecule has 0 aliphatic carbocycles. The van der Waals surface area contributed by atoms with E-state index >= 15 is 0 Å². The van der Waals surface area contributed by atoms with E-state index in [1.54, 1.807) is 24.3 Å². The van der Waals surface area contributed by atoms with E-state index in [2.05, 4.69) is 5.32 Å². The SMILES string of the molecule is CCNCc1cc(F)cc(Oc2cccc(Cl)c2)c1. The molecule has 0 radical (unpaired) electrons. The van der Waals surface area contributed by atoms with E-state index in [1.165, 1.54) is 12.1 Å². The van der Waals surface area contributed by atoms with Crippen LogP contribution in [0.4, 0.5) is 4.39 Å². The highest BCUT2D eigenvalue weighted by Crippen LogP contribution is 2.25. The van der Waals surface area contributed by atoms with Crippen LogP contribution in [0.1, 0.15) is 12.5 Å². The summed E-state index contributed by atoms with van der Waals surface area (Å²) in [6, 6.07) is 11.7. The van der Waals surface area contributed by atoms with Crippen molar-refractivity contribution in [3.05, 3.63) is 58.9 Å². The van der Waals surface area contributed by atoms with E-state index in [1.807, 2.05) is 13.0 Å². The van der Waals surface area contributed by atoms with Gasteiger partial charge in [-0.05, 0) is 42.4 Å². The lowest BCUT2D eigenvalue weighted by Gasteiger charge is -2.09. The van der Waals surface area contributed by atoms with Crippen molar-refractivity contribution in [3.8, 4) is 11.5 Å². The van der Waals surface area contributed by atoms with Crippen LogP contribution in [0.25, 0.3) is 0 Å². The van der Waals surface area contributed by atoms with Gasteiger partial charge in [0.15, 0.2) is 0 Å². The molecule has 2 aromatic rings. The van der Waals surface area contributed by atoms with Crippen LogP contribution in [-0.4, -0.2) is 6.54 Å². The first-order chi connectivity index (χ1) is 9.17. The minimum atomic E-state index is -0.313. The minimum Gasteiger partial charge on any atom is -0.457 e. The molecule has 2 rings (SSSR count). The average molecular weight is 280 g/mol. The summed E-state index contributed by atoms with van der Waals surface area (Å²) in [6.45, 7) is 3.45. The normalized spacial score (nSPS) is 10.5. The third-order valence-electron chi connectivity index (χ3n) is 2.54. The van der Waals surface area contributed by atoms with Gasteiger partial charge in [0.1, 0.15) is 17.3 Å². The molecule has 2 aromatic carbocycles. The van der Waals surface area contributed by atoms with E-state index in [-0.39, 0.29) is 5.82 Å². The first-order valence-electron chi connectivity index (χ1n) is 6.11. The molecule has 0 aromatic heterocycles. The Hall–Kier alpha value is -1.58. The molecular formula is C15H15ClFNO. The highest BCUT2D eigenvalue weighted by Gasteiger charge is 2.03. The van der Waals surface area contributed by atoms with Gasteiger partial charge in [-0.3, -0.25) is 0 Å². The molecule has 1 N–H and O–H groups in total. The number of benzene rings is 2. The van der Waals surface area contributed by atoms with Crippen molar-refractivity contribution < 1.29 is 9.13 Å². The smallest absolute Gasteiger partial charge is 0.130 e. The quantitative estimate of drug-likeness (QED) is 0.877. The summed E-state index contributed by atoms with van der Waals surface area (Å²) >= 11 is 5.88. The van der Waals surface area contributed by atoms with Crippen LogP contribution in [-0.2, 0) is 6.54 Å². The maximum absolute atomic E-state index is 13.5. The summed E-state index contributed by atoms with van der Waals surface area (Å²) in [5.74, 6) is 0.745. The Morgan fingerprint density at radius 1 is 1.16 bits per heavy atom. The second-order valence-corrected chi connectivity index (χ2v) is 4.57. The summed E-state index contributed by atoms with van der Waals surface area (Å²) in [5.41, 5.74) is 0.846. The molecule has 0 aliphatic heterocycles. The first kappa shape index (κ1) is 13.8. The summed E-state index contributed by atoms with van der Waals surface area (Å²) in [4.78, 5) is 0. The van der Waals surface area contributed by atoms with Crippen LogP contribution >= 0.6 is 11.6 Å². The Bertz CT molecular complexity index is 560. The van der Waals surface area contributed by atoms with Gasteiger partial charge in [-0.25, -0.2) is 4.39 Å². The fraction of sp³-hybridized carbons (Fsp3) is 0.200. The minimum absolute atomic E-state index is 0.313. The maximum atomic E-state index is 13.5. The second-order valence-electron chi connectivity index (χ2n) is 4.13. The Kier molecular flexibility index (Phi) is 4.77. The van der Waals surface area contributed by atoms with Crippen LogP contribution in [0.15, 0.2) is 42.5 Å². The van der Waals surface area contributed by atoms with Crippen LogP contribution in [0.5, 0.6) is 11.5 Å². The molecule has 0 saturated carbocycles. The molecule has 0 bridgehead atoms. The number of nitrogens with one attached hydrogen (secondary N) is 1. The van der Waals surface area contributed by atoms with Gasteiger partial charge in [0, 0.05) is 17.6 Å². The van der Waals surface area contributed by atoms with Gasteiger partial charge in [-0.1, -0.05) is 24.6 Å². The molecule has 0 atom stereocenters. The molecule has 19 heavy (non-hydrogen) atoms. The number of hydrogen-bond donors (Lipinski definition) is 1. The third kappa shape index (κ3) is 4.23. The molecule has 0 amide bonds. The van der Waals surface area contributed by atoms with Gasteiger partial charge in [0.2, 0.25) is 0 Å². The molecule has 4 heteroatoms. The zero-order chi connectivity index (χ0) is 13.7. The van der Waals surface area contributed by atoms with Crippen LogP contribution in [0.3, 0.4) is 0 Å². The number of halogens is 2. The zero-order valence-electron chi connectivity index (χ0n) is 10.6. The maximum Gasteiger partial charge on any atom is 0.130 e. The predicted molar refractivity (Wildman–Crippen MR) is 75.3 cm³/mol. The van der Waals surface area contributed by atoms with Gasteiger partial charge < -0.3 is 10.1 Å². The summed E-state index contributed by atoms with van der Waals surface area (Å²) in [5, 5.41) is 3.73. The number of hydrogen-bond acceptors (Lipinski definition) is 2. The zero-order valence-corrected chi connectivity index (χ0v) is 11.4. The predicted octanol–water partition coefficient (Wildman–Crippen LogP) is 4.38. The molecular weight excluding hydrogens is 265 g/mol. The molecule has 2 nitrogen and oxygen atoms in total. The lowest BCUT2D eigenvalue weighted by atomic mass is 10.2. The largest absolute Gasteiger partial charge is 0.457 e. The number of ether oxygens (including phenoxy) is 1. The van der Waals surface area contributed by atoms with Crippen molar-refractivity contribution in [2.24, 2.45) is 0 Å². The molecule has 0 spiro atoms. The van der Waals surface area contributed by atoms with E-state index in [9.17, 15) is 4.39 Å². The Balaban J connectivity index is 2.17.